The Morgan fingerprint density at radius 3 is 1.31 bits per heavy atom. The molecule has 10 heterocycles. The summed E-state index contributed by atoms with van der Waals surface area (Å²) in [6.07, 6.45) is 2.01. The van der Waals surface area contributed by atoms with E-state index in [1.807, 2.05) is 78.2 Å². The molecule has 0 aliphatic carbocycles. The van der Waals surface area contributed by atoms with E-state index in [0.717, 1.165) is 160 Å². The standard InChI is InChI=1S/C48H30N4.C42H23N3O2.C40H23N3S/c1-4-15-32(16-5-1)47-43(30-49-48(50-47)33-17-6-2-7-18-33)52-40-25-24-31-14-12-13-23-37(31)44(40)46-41(52)27-26-39-45(46)38-28-34-19-10-11-20-35(34)29-42(38)51(39)36-21-8-3-9-22-36;1-2-11-25(12-3-1)38-37-30-16-8-9-17-34(30)47-41(37)44-42(43-38)45-33-21-20-29-32-22-26-13-4-5-14-27(26)23-35(32)46-40(29)36(33)31-19-18-24-10-6-7-15-28(24)39(31)45;1-2-12-26(13-3-1)36-31-16-8-9-17-33(31)41-40(42-36)43-34-23-22-30-29-20-18-25-11-5-7-15-28(25)38(29)44-39(30)35(34)32-21-19-24-10-4-6-14-27(24)37(32)43/h1-30H;1-23H;1-23H. The van der Waals surface area contributed by atoms with Crippen LogP contribution in [-0.4, -0.2) is 48.2 Å². The maximum absolute atomic E-state index is 6.77. The normalized spacial score (nSPS) is 12.1. The molecule has 32 rings (SSSR count). The van der Waals surface area contributed by atoms with Gasteiger partial charge in [-0.3, -0.25) is 9.13 Å². The third-order valence-corrected chi connectivity index (χ3v) is 30.4. The largest absolute Gasteiger partial charge is 0.455 e. The zero-order chi connectivity index (χ0) is 93.6. The summed E-state index contributed by atoms with van der Waals surface area (Å²) >= 11 is 1.90. The lowest BCUT2D eigenvalue weighted by Gasteiger charge is -2.14. The molecule has 0 saturated carbocycles. The van der Waals surface area contributed by atoms with Gasteiger partial charge in [0.15, 0.2) is 5.82 Å². The molecule has 0 amide bonds. The summed E-state index contributed by atoms with van der Waals surface area (Å²) in [6, 6.07) is 161. The third-order valence-electron chi connectivity index (χ3n) is 29.1. The minimum absolute atomic E-state index is 0.549. The maximum atomic E-state index is 6.77. The smallest absolute Gasteiger partial charge is 0.238 e. The van der Waals surface area contributed by atoms with Crippen molar-refractivity contribution in [2.45, 2.75) is 0 Å². The highest BCUT2D eigenvalue weighted by Gasteiger charge is 2.30. The fraction of sp³-hybridized carbons (Fsp3) is 0. The molecule has 0 aliphatic heterocycles. The number of nitrogens with zero attached hydrogens (tertiary/aromatic N) is 10. The van der Waals surface area contributed by atoms with Gasteiger partial charge in [0, 0.05) is 118 Å². The highest BCUT2D eigenvalue weighted by molar-refractivity contribution is 7.27. The molecule has 22 aromatic carbocycles. The fourth-order valence-corrected chi connectivity index (χ4v) is 24.2. The summed E-state index contributed by atoms with van der Waals surface area (Å²) in [5.41, 5.74) is 21.7. The summed E-state index contributed by atoms with van der Waals surface area (Å²) < 4.78 is 25.1. The average molecular weight is 1840 g/mol. The molecular weight excluding hydrogens is 1770 g/mol. The third kappa shape index (κ3) is 12.4. The van der Waals surface area contributed by atoms with E-state index in [-0.39, 0.29) is 0 Å². The summed E-state index contributed by atoms with van der Waals surface area (Å²) in [7, 11) is 0. The molecule has 0 saturated heterocycles. The second-order valence-corrected chi connectivity index (χ2v) is 38.0. The van der Waals surface area contributed by atoms with Crippen molar-refractivity contribution in [3.63, 3.8) is 0 Å². The van der Waals surface area contributed by atoms with Gasteiger partial charge in [-0.2, -0.15) is 4.98 Å². The van der Waals surface area contributed by atoms with Crippen LogP contribution in [0.1, 0.15) is 0 Å². The summed E-state index contributed by atoms with van der Waals surface area (Å²) in [6.45, 7) is 0. The van der Waals surface area contributed by atoms with Crippen LogP contribution in [0.3, 0.4) is 0 Å². The van der Waals surface area contributed by atoms with Gasteiger partial charge in [-0.1, -0.05) is 370 Å². The van der Waals surface area contributed by atoms with Crippen LogP contribution < -0.4 is 0 Å². The van der Waals surface area contributed by atoms with E-state index >= 15 is 0 Å². The first kappa shape index (κ1) is 80.1. The van der Waals surface area contributed by atoms with Crippen LogP contribution in [0, 0.1) is 0 Å². The lowest BCUT2D eigenvalue weighted by atomic mass is 9.99. The fourth-order valence-electron chi connectivity index (χ4n) is 22.8. The monoisotopic (exact) mass is 1840 g/mol. The molecule has 32 aromatic rings. The number of rotatable bonds is 8. The Bertz CT molecular complexity index is 11000. The van der Waals surface area contributed by atoms with Crippen LogP contribution in [0.4, 0.5) is 0 Å². The molecule has 0 N–H and O–H groups in total. The maximum Gasteiger partial charge on any atom is 0.238 e. The van der Waals surface area contributed by atoms with Crippen LogP contribution in [0.5, 0.6) is 0 Å². The number of benzene rings is 22. The lowest BCUT2D eigenvalue weighted by Crippen LogP contribution is -2.03. The van der Waals surface area contributed by atoms with Gasteiger partial charge < -0.3 is 18.0 Å². The van der Waals surface area contributed by atoms with Gasteiger partial charge in [-0.15, -0.1) is 11.3 Å². The van der Waals surface area contributed by atoms with E-state index < -0.39 is 0 Å². The van der Waals surface area contributed by atoms with Gasteiger partial charge >= 0.3 is 0 Å². The highest BCUT2D eigenvalue weighted by Crippen LogP contribution is 2.52. The minimum Gasteiger partial charge on any atom is -0.455 e. The number of para-hydroxylation sites is 3. The predicted octanol–water partition coefficient (Wildman–Crippen LogP) is 34.7. The molecule has 10 aromatic heterocycles. The predicted molar refractivity (Wildman–Crippen MR) is 595 cm³/mol. The summed E-state index contributed by atoms with van der Waals surface area (Å²) in [4.78, 5) is 31.4. The van der Waals surface area contributed by atoms with Crippen molar-refractivity contribution in [3.05, 3.63) is 461 Å². The molecule has 13 heteroatoms. The van der Waals surface area contributed by atoms with Crippen LogP contribution >= 0.6 is 11.3 Å². The van der Waals surface area contributed by atoms with Crippen molar-refractivity contribution >= 4 is 238 Å². The van der Waals surface area contributed by atoms with Crippen molar-refractivity contribution in [2.75, 3.05) is 0 Å². The van der Waals surface area contributed by atoms with Crippen molar-refractivity contribution in [1.82, 2.24) is 48.2 Å². The van der Waals surface area contributed by atoms with E-state index in [9.17, 15) is 0 Å². The topological polar surface area (TPSA) is 123 Å². The number of hydrogen-bond donors (Lipinski definition) is 0. The van der Waals surface area contributed by atoms with E-state index in [0.29, 0.717) is 23.4 Å². The second-order valence-electron chi connectivity index (χ2n) is 37.0. The van der Waals surface area contributed by atoms with Gasteiger partial charge in [-0.05, 0) is 139 Å². The quantitative estimate of drug-likeness (QED) is 0.147. The molecule has 0 aliphatic rings. The molecule has 0 unspecified atom stereocenters. The Morgan fingerprint density at radius 1 is 0.217 bits per heavy atom. The Balaban J connectivity index is 0.000000100. The molecule has 143 heavy (non-hydrogen) atoms. The van der Waals surface area contributed by atoms with Crippen molar-refractivity contribution < 1.29 is 8.83 Å². The number of furan rings is 2. The highest BCUT2D eigenvalue weighted by atomic mass is 32.1. The van der Waals surface area contributed by atoms with Gasteiger partial charge in [0.25, 0.3) is 0 Å². The second kappa shape index (κ2) is 31.7. The molecule has 0 bridgehead atoms. The Labute approximate surface area is 819 Å². The molecule has 0 spiro atoms. The molecule has 0 radical (unpaired) electrons. The number of thiophene rings is 1. The van der Waals surface area contributed by atoms with E-state index in [1.54, 1.807) is 0 Å². The molecule has 0 fully saturated rings. The van der Waals surface area contributed by atoms with E-state index in [4.69, 9.17) is 38.7 Å². The minimum atomic E-state index is 0.549. The zero-order valence-electron chi connectivity index (χ0n) is 76.6. The van der Waals surface area contributed by atoms with E-state index in [2.05, 4.69) is 413 Å². The Morgan fingerprint density at radius 2 is 0.650 bits per heavy atom. The first-order valence-corrected chi connectivity index (χ1v) is 49.1. The van der Waals surface area contributed by atoms with Crippen molar-refractivity contribution in [2.24, 2.45) is 0 Å². The number of aromatic nitrogens is 10. The molecule has 664 valence electrons. The average Bonchev–Trinajstić information content (AvgIpc) is 1.56. The van der Waals surface area contributed by atoms with Gasteiger partial charge in [0.1, 0.15) is 16.7 Å². The van der Waals surface area contributed by atoms with Gasteiger partial charge in [-0.25, -0.2) is 24.9 Å². The van der Waals surface area contributed by atoms with Gasteiger partial charge in [0.05, 0.1) is 89.4 Å². The molecular formula is C130H76N10O2S. The molecule has 12 nitrogen and oxygen atoms in total. The summed E-state index contributed by atoms with van der Waals surface area (Å²) in [5.74, 6) is 1.94. The summed E-state index contributed by atoms with van der Waals surface area (Å²) in [5, 5.41) is 31.7. The first-order chi connectivity index (χ1) is 70.9. The van der Waals surface area contributed by atoms with Crippen LogP contribution in [0.15, 0.2) is 470 Å². The van der Waals surface area contributed by atoms with Crippen molar-refractivity contribution in [3.8, 4) is 68.4 Å². The zero-order valence-corrected chi connectivity index (χ0v) is 77.4. The number of fused-ring (bicyclic) bond motifs is 35. The Kier molecular flexibility index (Phi) is 17.8. The van der Waals surface area contributed by atoms with Crippen LogP contribution in [0.25, 0.3) is 295 Å². The first-order valence-electron chi connectivity index (χ1n) is 48.3. The number of hydrogen-bond acceptors (Lipinski definition) is 9. The van der Waals surface area contributed by atoms with E-state index in [1.165, 1.54) is 112 Å². The molecule has 0 atom stereocenters. The Hall–Kier alpha value is -19.1. The van der Waals surface area contributed by atoms with Crippen LogP contribution in [-0.2, 0) is 0 Å². The van der Waals surface area contributed by atoms with Crippen molar-refractivity contribution in [1.29, 1.82) is 0 Å². The van der Waals surface area contributed by atoms with Gasteiger partial charge in [0.2, 0.25) is 17.6 Å². The van der Waals surface area contributed by atoms with Crippen LogP contribution in [0.2, 0.25) is 0 Å². The SMILES string of the molecule is c1ccc(-c2nc(-n3c4ccc5c6cc7ccccc7cc6oc5c4c4ccc5ccccc5c43)nc3oc4ccccc4c23)cc1.c1ccc(-c2nc(-n3c4ccc5c6ccc7ccccc7c6sc5c4c4ccc5ccccc5c43)nc3ccccc23)cc1.c1ccc(-c2ncc(-n3c4ccc5ccccc5c4c4c5c6cc7ccccc7cc6n(-c6ccccc6)c5ccc43)c(-c3ccccc3)n2)cc1. The lowest BCUT2D eigenvalue weighted by molar-refractivity contribution is 0.651.